The van der Waals surface area contributed by atoms with E-state index in [1.54, 1.807) is 0 Å². The number of hydrogen-bond acceptors (Lipinski definition) is 15. The molecule has 0 amide bonds. The zero-order valence-electron chi connectivity index (χ0n) is 63.7. The van der Waals surface area contributed by atoms with Gasteiger partial charge in [0.05, 0.1) is 26.4 Å². The van der Waals surface area contributed by atoms with Gasteiger partial charge in [-0.25, -0.2) is 9.13 Å². The maximum Gasteiger partial charge on any atom is 0.472 e. The number of aliphatic hydroxyl groups is 1. The van der Waals surface area contributed by atoms with Crippen molar-refractivity contribution in [1.29, 1.82) is 0 Å². The van der Waals surface area contributed by atoms with Gasteiger partial charge >= 0.3 is 39.5 Å². The monoisotopic (exact) mass is 1470 g/mol. The second-order valence-corrected chi connectivity index (χ2v) is 28.8. The molecule has 102 heavy (non-hydrogen) atoms. The maximum absolute atomic E-state index is 13.1. The molecule has 0 radical (unpaired) electrons. The zero-order chi connectivity index (χ0) is 74.6. The molecule has 0 saturated carbocycles. The van der Waals surface area contributed by atoms with E-state index in [0.717, 1.165) is 193 Å². The van der Waals surface area contributed by atoms with Crippen molar-refractivity contribution in [3.63, 3.8) is 0 Å². The first-order valence-electron chi connectivity index (χ1n) is 39.4. The Kier molecular flexibility index (Phi) is 71.0. The highest BCUT2D eigenvalue weighted by Crippen LogP contribution is 2.45. The van der Waals surface area contributed by atoms with Gasteiger partial charge in [-0.2, -0.15) is 0 Å². The van der Waals surface area contributed by atoms with Crippen LogP contribution in [0.15, 0.2) is 134 Å². The zero-order valence-corrected chi connectivity index (χ0v) is 65.5. The summed E-state index contributed by atoms with van der Waals surface area (Å²) in [6.45, 7) is 4.50. The van der Waals surface area contributed by atoms with Crippen molar-refractivity contribution in [3.05, 3.63) is 134 Å². The molecule has 19 heteroatoms. The average molecular weight is 1470 g/mol. The van der Waals surface area contributed by atoms with Crippen LogP contribution in [0.1, 0.15) is 310 Å². The Hall–Kier alpha value is -4.80. The number of unbranched alkanes of at least 4 members (excludes halogenated alkanes) is 25. The number of phosphoric acid groups is 2. The molecule has 17 nitrogen and oxygen atoms in total. The molecule has 0 aromatic rings. The molecular formula is C83H140O17P2. The topological polar surface area (TPSA) is 237 Å². The van der Waals surface area contributed by atoms with Gasteiger partial charge in [0.2, 0.25) is 0 Å². The number of carbonyl (C=O) groups is 4. The van der Waals surface area contributed by atoms with E-state index in [-0.39, 0.29) is 25.7 Å². The van der Waals surface area contributed by atoms with Crippen LogP contribution in [-0.2, 0) is 65.4 Å². The summed E-state index contributed by atoms with van der Waals surface area (Å²) in [7, 11) is -9.98. The third kappa shape index (κ3) is 73.5. The molecule has 0 rings (SSSR count). The van der Waals surface area contributed by atoms with E-state index in [1.807, 2.05) is 0 Å². The molecule has 0 aliphatic rings. The minimum absolute atomic E-state index is 0.0366. The van der Waals surface area contributed by atoms with Gasteiger partial charge in [-0.3, -0.25) is 37.3 Å². The molecule has 0 aliphatic heterocycles. The maximum atomic E-state index is 13.1. The van der Waals surface area contributed by atoms with E-state index in [0.29, 0.717) is 32.1 Å². The summed E-state index contributed by atoms with van der Waals surface area (Å²) in [4.78, 5) is 72.9. The molecular weight excluding hydrogens is 1330 g/mol. The summed E-state index contributed by atoms with van der Waals surface area (Å²) in [6.07, 6.45) is 83.0. The van der Waals surface area contributed by atoms with Crippen LogP contribution in [-0.4, -0.2) is 96.7 Å². The van der Waals surface area contributed by atoms with Crippen LogP contribution >= 0.6 is 15.6 Å². The first-order chi connectivity index (χ1) is 49.7. The summed E-state index contributed by atoms with van der Waals surface area (Å²) in [5, 5.41) is 10.6. The van der Waals surface area contributed by atoms with Crippen molar-refractivity contribution >= 4 is 39.5 Å². The van der Waals surface area contributed by atoms with E-state index in [1.165, 1.54) is 32.1 Å². The van der Waals surface area contributed by atoms with Gasteiger partial charge < -0.3 is 33.8 Å². The third-order valence-corrected chi connectivity index (χ3v) is 18.0. The van der Waals surface area contributed by atoms with Crippen molar-refractivity contribution in [3.8, 4) is 0 Å². The van der Waals surface area contributed by atoms with Crippen molar-refractivity contribution in [2.45, 2.75) is 329 Å². The molecule has 0 fully saturated rings. The SMILES string of the molecule is CC/C=C\C/C=C\C/C=C\C/C=C\CCCCC(=O)OC(COC(=O)CCCCCCCC/C=C\C/C=C\C/C=C\CCCCC)COP(=O)(O)OCC(O)COP(=O)(O)OCC(COC(=O)CCCCCCCCC/C=C\C/C=C\C/C=C\CC)OC(=O)CCCCCCC/C=C\CCCC. The smallest absolute Gasteiger partial charge is 0.462 e. The van der Waals surface area contributed by atoms with Crippen molar-refractivity contribution in [2.24, 2.45) is 0 Å². The van der Waals surface area contributed by atoms with E-state index in [2.05, 4.69) is 161 Å². The van der Waals surface area contributed by atoms with Crippen LogP contribution in [0.25, 0.3) is 0 Å². The van der Waals surface area contributed by atoms with Gasteiger partial charge in [-0.15, -0.1) is 0 Å². The molecule has 0 spiro atoms. The predicted octanol–water partition coefficient (Wildman–Crippen LogP) is 22.9. The molecule has 0 aromatic heterocycles. The van der Waals surface area contributed by atoms with Crippen LogP contribution < -0.4 is 0 Å². The Morgan fingerprint density at radius 2 is 0.520 bits per heavy atom. The molecule has 0 aliphatic carbocycles. The highest BCUT2D eigenvalue weighted by atomic mass is 31.2. The van der Waals surface area contributed by atoms with E-state index >= 15 is 0 Å². The minimum atomic E-state index is -4.99. The highest BCUT2D eigenvalue weighted by Gasteiger charge is 2.30. The fourth-order valence-electron chi connectivity index (χ4n) is 10.1. The van der Waals surface area contributed by atoms with Gasteiger partial charge in [-0.05, 0) is 154 Å². The second kappa shape index (κ2) is 74.5. The largest absolute Gasteiger partial charge is 0.472 e. The molecule has 5 unspecified atom stereocenters. The number of carbonyl (C=O) groups excluding carboxylic acids is 4. The number of ether oxygens (including phenoxy) is 4. The molecule has 0 aromatic carbocycles. The molecule has 3 N–H and O–H groups in total. The lowest BCUT2D eigenvalue weighted by molar-refractivity contribution is -0.161. The summed E-state index contributed by atoms with van der Waals surface area (Å²) >= 11 is 0. The van der Waals surface area contributed by atoms with E-state index in [4.69, 9.17) is 37.0 Å². The Morgan fingerprint density at radius 1 is 0.284 bits per heavy atom. The second-order valence-electron chi connectivity index (χ2n) is 25.9. The Balaban J connectivity index is 5.37. The first-order valence-corrected chi connectivity index (χ1v) is 42.4. The summed E-state index contributed by atoms with van der Waals surface area (Å²) < 4.78 is 68.5. The van der Waals surface area contributed by atoms with Crippen LogP contribution in [0.3, 0.4) is 0 Å². The lowest BCUT2D eigenvalue weighted by Crippen LogP contribution is -2.30. The standard InChI is InChI=1S/C83H140O17P2/c1-5-9-13-17-21-25-29-32-35-37-38-40-43-45-49-52-56-60-64-68-81(86)94-74-79(100-83(88)70-66-62-58-54-50-46-41-34-31-27-23-19-15-11-7-3)76-98-102(91,92)96-72-77(84)71-95-101(89,90)97-75-78(99-82(87)69-65-61-57-53-47-28-24-20-16-12-8-4)73-93-80(85)67-63-59-55-51-48-44-42-39-36-33-30-26-22-18-14-10-6-2/h10-11,14-15,20-27,32-36,38,40-41,50,54,77-79,84H,5-9,12-13,16-19,28-31,37,39,42-49,51-53,55-76H2,1-4H3,(H,89,90)(H,91,92)/b14-10-,15-11-,24-20-,25-21-,26-22-,27-23-,35-32-,36-33-,40-38-,41-34-,54-50-. The minimum Gasteiger partial charge on any atom is -0.462 e. The lowest BCUT2D eigenvalue weighted by atomic mass is 10.1. The van der Waals surface area contributed by atoms with Crippen LogP contribution in [0, 0.1) is 0 Å². The number of hydrogen-bond donors (Lipinski definition) is 3. The van der Waals surface area contributed by atoms with Crippen molar-refractivity contribution in [2.75, 3.05) is 39.6 Å². The number of aliphatic hydroxyl groups excluding tert-OH is 1. The van der Waals surface area contributed by atoms with E-state index < -0.39 is 97.5 Å². The van der Waals surface area contributed by atoms with Gasteiger partial charge in [-0.1, -0.05) is 264 Å². The number of phosphoric ester groups is 2. The molecule has 0 saturated heterocycles. The summed E-state index contributed by atoms with van der Waals surface area (Å²) in [6, 6.07) is 0. The molecule has 584 valence electrons. The Bertz CT molecular complexity index is 2460. The van der Waals surface area contributed by atoms with E-state index in [9.17, 15) is 43.2 Å². The van der Waals surface area contributed by atoms with Crippen LogP contribution in [0.5, 0.6) is 0 Å². The molecule has 0 heterocycles. The van der Waals surface area contributed by atoms with Gasteiger partial charge in [0.25, 0.3) is 0 Å². The Labute approximate surface area is 618 Å². The van der Waals surface area contributed by atoms with Crippen molar-refractivity contribution in [1.82, 2.24) is 0 Å². The summed E-state index contributed by atoms with van der Waals surface area (Å²) in [5.41, 5.74) is 0. The van der Waals surface area contributed by atoms with Crippen molar-refractivity contribution < 1.29 is 80.2 Å². The fourth-order valence-corrected chi connectivity index (χ4v) is 11.7. The van der Waals surface area contributed by atoms with Gasteiger partial charge in [0.1, 0.15) is 19.3 Å². The highest BCUT2D eigenvalue weighted by molar-refractivity contribution is 7.47. The van der Waals surface area contributed by atoms with Gasteiger partial charge in [0.15, 0.2) is 12.2 Å². The fraction of sp³-hybridized carbons (Fsp3) is 0.687. The molecule has 5 atom stereocenters. The lowest BCUT2D eigenvalue weighted by Gasteiger charge is -2.21. The van der Waals surface area contributed by atoms with Gasteiger partial charge in [0, 0.05) is 25.7 Å². The number of esters is 4. The van der Waals surface area contributed by atoms with Crippen LogP contribution in [0.2, 0.25) is 0 Å². The molecule has 0 bridgehead atoms. The number of rotatable bonds is 73. The number of allylic oxidation sites excluding steroid dienone is 22. The quantitative estimate of drug-likeness (QED) is 0.0169. The average Bonchev–Trinajstić information content (AvgIpc) is 0.936. The van der Waals surface area contributed by atoms with Crippen LogP contribution in [0.4, 0.5) is 0 Å². The first kappa shape index (κ1) is 97.2. The summed E-state index contributed by atoms with van der Waals surface area (Å²) in [5.74, 6) is -2.26. The normalized spacial score (nSPS) is 14.6. The Morgan fingerprint density at radius 3 is 0.843 bits per heavy atom. The third-order valence-electron chi connectivity index (χ3n) is 16.1. The predicted molar refractivity (Wildman–Crippen MR) is 418 cm³/mol.